The van der Waals surface area contributed by atoms with Crippen molar-refractivity contribution < 1.29 is 19.7 Å². The van der Waals surface area contributed by atoms with Crippen molar-refractivity contribution in [2.45, 2.75) is 38.8 Å². The van der Waals surface area contributed by atoms with Crippen molar-refractivity contribution >= 4 is 35.0 Å². The first-order chi connectivity index (χ1) is 20.2. The molecular weight excluding hydrogens is 577 g/mol. The average Bonchev–Trinajstić information content (AvgIpc) is 2.94. The Hall–Kier alpha value is -2.95. The molecule has 2 aliphatic rings. The SMILES string of the molecule is CC(O)CN1CCN(c2ccc(Oc3cc(CN4CCC(CC(=O)O)CC4)cc(-c4cc(Cl)cc(Cl)c4)n3)cn2)CC1. The van der Waals surface area contributed by atoms with Gasteiger partial charge in [-0.1, -0.05) is 23.2 Å². The van der Waals surface area contributed by atoms with Crippen LogP contribution < -0.4 is 9.64 Å². The lowest BCUT2D eigenvalue weighted by Crippen LogP contribution is -2.48. The number of aliphatic hydroxyl groups excluding tert-OH is 1. The number of aliphatic carboxylic acids is 1. The molecule has 0 spiro atoms. The molecule has 2 aromatic heterocycles. The molecule has 0 saturated carbocycles. The van der Waals surface area contributed by atoms with Gasteiger partial charge in [0, 0.05) is 67.4 Å². The Balaban J connectivity index is 1.30. The zero-order chi connectivity index (χ0) is 29.6. The maximum atomic E-state index is 11.1. The number of rotatable bonds is 10. The predicted molar refractivity (Wildman–Crippen MR) is 165 cm³/mol. The summed E-state index contributed by atoms with van der Waals surface area (Å²) < 4.78 is 6.22. The van der Waals surface area contributed by atoms with Crippen molar-refractivity contribution in [2.24, 2.45) is 5.92 Å². The molecule has 224 valence electrons. The van der Waals surface area contributed by atoms with E-state index in [0.717, 1.165) is 69.1 Å². The fourth-order valence-corrected chi connectivity index (χ4v) is 6.21. The number of ether oxygens (including phenoxy) is 1. The van der Waals surface area contributed by atoms with Gasteiger partial charge in [0.2, 0.25) is 5.88 Å². The molecule has 0 radical (unpaired) electrons. The van der Waals surface area contributed by atoms with Gasteiger partial charge in [0.25, 0.3) is 0 Å². The molecule has 2 saturated heterocycles. The van der Waals surface area contributed by atoms with Gasteiger partial charge >= 0.3 is 5.97 Å². The van der Waals surface area contributed by atoms with E-state index >= 15 is 0 Å². The van der Waals surface area contributed by atoms with E-state index in [9.17, 15) is 9.90 Å². The van der Waals surface area contributed by atoms with Crippen molar-refractivity contribution in [3.05, 3.63) is 64.3 Å². The third-order valence-corrected chi connectivity index (χ3v) is 8.19. The lowest BCUT2D eigenvalue weighted by atomic mass is 9.93. The summed E-state index contributed by atoms with van der Waals surface area (Å²) in [5, 5.41) is 19.9. The fraction of sp³-hybridized carbons (Fsp3) is 0.452. The normalized spacial score (nSPS) is 17.8. The Morgan fingerprint density at radius 1 is 1.00 bits per heavy atom. The molecule has 11 heteroatoms. The molecule has 0 bridgehead atoms. The van der Waals surface area contributed by atoms with Crippen LogP contribution in [0.15, 0.2) is 48.7 Å². The van der Waals surface area contributed by atoms with E-state index in [-0.39, 0.29) is 18.4 Å². The lowest BCUT2D eigenvalue weighted by Gasteiger charge is -2.35. The van der Waals surface area contributed by atoms with Crippen LogP contribution in [-0.2, 0) is 11.3 Å². The van der Waals surface area contributed by atoms with E-state index in [0.29, 0.717) is 40.5 Å². The number of carboxylic acid groups (broad SMARTS) is 1. The van der Waals surface area contributed by atoms with E-state index in [1.807, 2.05) is 43.3 Å². The van der Waals surface area contributed by atoms with E-state index in [1.54, 1.807) is 12.3 Å². The minimum absolute atomic E-state index is 0.225. The number of aromatic nitrogens is 2. The standard InChI is InChI=1S/C31H37Cl2N5O4/c1-21(39)19-37-8-10-38(11-9-37)29-3-2-27(18-34-29)42-30-13-23(20-36-6-4-22(5-7-36)14-31(40)41)12-28(35-30)24-15-25(32)17-26(33)16-24/h2-3,12-13,15-18,21-22,39H,4-11,14,19-20H2,1H3,(H,40,41). The minimum Gasteiger partial charge on any atom is -0.481 e. The molecule has 0 amide bonds. The highest BCUT2D eigenvalue weighted by Crippen LogP contribution is 2.31. The monoisotopic (exact) mass is 613 g/mol. The van der Waals surface area contributed by atoms with Gasteiger partial charge in [0.15, 0.2) is 0 Å². The van der Waals surface area contributed by atoms with Crippen LogP contribution in [0.5, 0.6) is 11.6 Å². The number of carboxylic acids is 1. The predicted octanol–water partition coefficient (Wildman–Crippen LogP) is 5.43. The molecule has 1 atom stereocenters. The summed E-state index contributed by atoms with van der Waals surface area (Å²) in [7, 11) is 0. The third kappa shape index (κ3) is 8.55. The number of pyridine rings is 2. The number of piperazine rings is 1. The molecule has 9 nitrogen and oxygen atoms in total. The number of benzene rings is 1. The molecule has 2 aliphatic heterocycles. The van der Waals surface area contributed by atoms with Crippen LogP contribution in [0, 0.1) is 5.92 Å². The maximum Gasteiger partial charge on any atom is 0.303 e. The van der Waals surface area contributed by atoms with Gasteiger partial charge in [-0.25, -0.2) is 9.97 Å². The highest BCUT2D eigenvalue weighted by atomic mass is 35.5. The topological polar surface area (TPSA) is 102 Å². The Morgan fingerprint density at radius 2 is 1.71 bits per heavy atom. The molecule has 0 aliphatic carbocycles. The third-order valence-electron chi connectivity index (χ3n) is 7.76. The van der Waals surface area contributed by atoms with E-state index in [1.165, 1.54) is 0 Å². The maximum absolute atomic E-state index is 11.1. The zero-order valence-corrected chi connectivity index (χ0v) is 25.3. The van der Waals surface area contributed by atoms with Crippen molar-refractivity contribution in [2.75, 3.05) is 50.7 Å². The molecule has 4 heterocycles. The molecule has 2 N–H and O–H groups in total. The minimum atomic E-state index is -0.730. The van der Waals surface area contributed by atoms with Crippen molar-refractivity contribution in [3.63, 3.8) is 0 Å². The molecule has 1 aromatic carbocycles. The van der Waals surface area contributed by atoms with Gasteiger partial charge in [-0.05, 0) is 80.7 Å². The van der Waals surface area contributed by atoms with E-state index in [2.05, 4.69) is 19.7 Å². The van der Waals surface area contributed by atoms with Crippen LogP contribution in [0.4, 0.5) is 5.82 Å². The Labute approximate surface area is 256 Å². The molecule has 2 fully saturated rings. The Morgan fingerprint density at radius 3 is 2.33 bits per heavy atom. The fourth-order valence-electron chi connectivity index (χ4n) is 5.68. The van der Waals surface area contributed by atoms with Crippen LogP contribution in [-0.4, -0.2) is 87.9 Å². The number of halogens is 2. The highest BCUT2D eigenvalue weighted by Gasteiger charge is 2.22. The van der Waals surface area contributed by atoms with Crippen LogP contribution in [0.25, 0.3) is 11.3 Å². The summed E-state index contributed by atoms with van der Waals surface area (Å²) in [4.78, 5) is 27.4. The second kappa shape index (κ2) is 14.0. The smallest absolute Gasteiger partial charge is 0.303 e. The summed E-state index contributed by atoms with van der Waals surface area (Å²) in [5.74, 6) is 1.41. The van der Waals surface area contributed by atoms with Crippen LogP contribution in [0.1, 0.15) is 31.7 Å². The number of aliphatic hydroxyl groups is 1. The average molecular weight is 615 g/mol. The van der Waals surface area contributed by atoms with Crippen molar-refractivity contribution in [1.29, 1.82) is 0 Å². The largest absolute Gasteiger partial charge is 0.481 e. The van der Waals surface area contributed by atoms with Crippen molar-refractivity contribution in [3.8, 4) is 22.9 Å². The summed E-state index contributed by atoms with van der Waals surface area (Å²) >= 11 is 12.6. The van der Waals surface area contributed by atoms with Gasteiger partial charge in [-0.3, -0.25) is 14.6 Å². The number of carbonyl (C=O) groups is 1. The van der Waals surface area contributed by atoms with Crippen molar-refractivity contribution in [1.82, 2.24) is 19.8 Å². The number of hydrogen-bond donors (Lipinski definition) is 2. The Kier molecular flexibility index (Phi) is 10.2. The Bertz CT molecular complexity index is 1340. The van der Waals surface area contributed by atoms with Crippen LogP contribution >= 0.6 is 23.2 Å². The molecule has 3 aromatic rings. The molecule has 5 rings (SSSR count). The van der Waals surface area contributed by atoms with Gasteiger partial charge in [0.05, 0.1) is 18.0 Å². The first kappa shape index (κ1) is 30.5. The number of hydrogen-bond acceptors (Lipinski definition) is 8. The van der Waals surface area contributed by atoms with Crippen LogP contribution in [0.3, 0.4) is 0 Å². The number of β-amino-alcohol motifs (C(OH)–C–C–N with tert-alkyl or cyclic N) is 1. The first-order valence-corrected chi connectivity index (χ1v) is 15.2. The number of piperidine rings is 1. The first-order valence-electron chi connectivity index (χ1n) is 14.4. The summed E-state index contributed by atoms with van der Waals surface area (Å²) in [6, 6.07) is 13.2. The number of anilines is 1. The van der Waals surface area contributed by atoms with Crippen LogP contribution in [0.2, 0.25) is 10.0 Å². The van der Waals surface area contributed by atoms with E-state index < -0.39 is 5.97 Å². The molecule has 42 heavy (non-hydrogen) atoms. The quantitative estimate of drug-likeness (QED) is 0.310. The van der Waals surface area contributed by atoms with Gasteiger partial charge in [-0.15, -0.1) is 0 Å². The molecule has 1 unspecified atom stereocenters. The summed E-state index contributed by atoms with van der Waals surface area (Å²) in [6.45, 7) is 8.35. The number of nitrogens with zero attached hydrogens (tertiary/aromatic N) is 5. The van der Waals surface area contributed by atoms with Gasteiger partial charge in [0.1, 0.15) is 11.6 Å². The second-order valence-corrected chi connectivity index (χ2v) is 12.1. The number of likely N-dealkylation sites (tertiary alicyclic amines) is 1. The van der Waals surface area contributed by atoms with Gasteiger partial charge < -0.3 is 19.8 Å². The van der Waals surface area contributed by atoms with Gasteiger partial charge in [-0.2, -0.15) is 0 Å². The lowest BCUT2D eigenvalue weighted by molar-refractivity contribution is -0.138. The summed E-state index contributed by atoms with van der Waals surface area (Å²) in [5.41, 5.74) is 2.53. The molecular formula is C31H37Cl2N5O4. The highest BCUT2D eigenvalue weighted by molar-refractivity contribution is 6.35. The summed E-state index contributed by atoms with van der Waals surface area (Å²) in [6.07, 6.45) is 3.35. The second-order valence-electron chi connectivity index (χ2n) is 11.3. The van der Waals surface area contributed by atoms with E-state index in [4.69, 9.17) is 38.0 Å². The zero-order valence-electron chi connectivity index (χ0n) is 23.8.